The molecule has 212 valence electrons. The Hall–Kier alpha value is -3.63. The zero-order valence-corrected chi connectivity index (χ0v) is 24.2. The predicted molar refractivity (Wildman–Crippen MR) is 155 cm³/mol. The van der Waals surface area contributed by atoms with Gasteiger partial charge in [0.2, 0.25) is 6.41 Å². The third-order valence-electron chi connectivity index (χ3n) is 7.70. The summed E-state index contributed by atoms with van der Waals surface area (Å²) in [5.41, 5.74) is 5.28. The van der Waals surface area contributed by atoms with E-state index >= 15 is 0 Å². The quantitative estimate of drug-likeness (QED) is 0.290. The van der Waals surface area contributed by atoms with Crippen molar-refractivity contribution in [2.24, 2.45) is 0 Å². The molecule has 4 heterocycles. The normalized spacial score (nSPS) is 17.4. The number of halogens is 2. The third-order valence-corrected chi connectivity index (χ3v) is 8.13. The fourth-order valence-electron chi connectivity index (χ4n) is 5.59. The van der Waals surface area contributed by atoms with Gasteiger partial charge in [0.25, 0.3) is 0 Å². The molecule has 2 aromatic carbocycles. The summed E-state index contributed by atoms with van der Waals surface area (Å²) in [4.78, 5) is 18.0. The van der Waals surface area contributed by atoms with E-state index in [2.05, 4.69) is 4.98 Å². The fourth-order valence-corrected chi connectivity index (χ4v) is 6.10. The van der Waals surface area contributed by atoms with E-state index in [1.54, 1.807) is 42.6 Å². The van der Waals surface area contributed by atoms with Crippen molar-refractivity contribution in [1.29, 1.82) is 0 Å². The Morgan fingerprint density at radius 1 is 1.12 bits per heavy atom. The van der Waals surface area contributed by atoms with Crippen molar-refractivity contribution in [2.75, 3.05) is 20.3 Å². The first kappa shape index (κ1) is 27.5. The van der Waals surface area contributed by atoms with E-state index < -0.39 is 11.6 Å². The Morgan fingerprint density at radius 2 is 1.90 bits per heavy atom. The first-order valence-corrected chi connectivity index (χ1v) is 13.8. The van der Waals surface area contributed by atoms with Crippen molar-refractivity contribution >= 4 is 29.6 Å². The number of rotatable bonds is 6. The second-order valence-electron chi connectivity index (χ2n) is 10.5. The van der Waals surface area contributed by atoms with Crippen molar-refractivity contribution in [1.82, 2.24) is 19.7 Å². The number of nitrogens with zero attached hydrogens (tertiary/aromatic N) is 4. The van der Waals surface area contributed by atoms with Crippen LogP contribution in [0.1, 0.15) is 36.8 Å². The van der Waals surface area contributed by atoms with Crippen LogP contribution < -0.4 is 9.47 Å². The number of amides is 1. The minimum Gasteiger partial charge on any atom is -0.496 e. The summed E-state index contributed by atoms with van der Waals surface area (Å²) in [5, 5.41) is 15.7. The maximum Gasteiger partial charge on any atom is 0.210 e. The van der Waals surface area contributed by atoms with Crippen molar-refractivity contribution in [3.8, 4) is 39.6 Å². The summed E-state index contributed by atoms with van der Waals surface area (Å²) in [6.07, 6.45) is 3.68. The summed E-state index contributed by atoms with van der Waals surface area (Å²) in [6, 6.07) is 10.9. The van der Waals surface area contributed by atoms with E-state index in [-0.39, 0.29) is 13.2 Å². The third kappa shape index (κ3) is 4.72. The van der Waals surface area contributed by atoms with Crippen LogP contribution in [0.15, 0.2) is 48.8 Å². The van der Waals surface area contributed by atoms with Gasteiger partial charge in [0, 0.05) is 57.3 Å². The van der Waals surface area contributed by atoms with Gasteiger partial charge in [-0.15, -0.1) is 0 Å². The lowest BCUT2D eigenvalue weighted by molar-refractivity contribution is -0.147. The van der Waals surface area contributed by atoms with Crippen LogP contribution in [0.2, 0.25) is 10.0 Å². The number of ether oxygens (including phenoxy) is 3. The lowest BCUT2D eigenvalue weighted by Crippen LogP contribution is -2.54. The number of aliphatic hydroxyl groups excluding tert-OH is 1. The van der Waals surface area contributed by atoms with E-state index in [1.807, 2.05) is 36.7 Å². The SMILES string of the molecule is COc1cc2c(cc1-c1cncc(CO)c1)-c1c(c(C3OCCN(C=O)C3(C)C)nn1-c1cc(Cl)cc(Cl)c1)CO2. The first-order chi connectivity index (χ1) is 19.7. The molecule has 1 fully saturated rings. The molecule has 0 radical (unpaired) electrons. The summed E-state index contributed by atoms with van der Waals surface area (Å²) in [7, 11) is 1.60. The Bertz CT molecular complexity index is 1630. The van der Waals surface area contributed by atoms with Crippen LogP contribution in [0, 0.1) is 0 Å². The predicted octanol–water partition coefficient (Wildman–Crippen LogP) is 5.61. The highest BCUT2D eigenvalue weighted by atomic mass is 35.5. The van der Waals surface area contributed by atoms with Crippen molar-refractivity contribution < 1.29 is 24.1 Å². The van der Waals surface area contributed by atoms with Gasteiger partial charge in [0.1, 0.15) is 29.9 Å². The Balaban J connectivity index is 1.61. The Morgan fingerprint density at radius 3 is 2.61 bits per heavy atom. The van der Waals surface area contributed by atoms with Crippen LogP contribution in [0.25, 0.3) is 28.1 Å². The van der Waals surface area contributed by atoms with E-state index in [4.69, 9.17) is 42.5 Å². The number of fused-ring (bicyclic) bond motifs is 3. The number of aliphatic hydroxyl groups is 1. The fraction of sp³-hybridized carbons (Fsp3) is 0.300. The lowest BCUT2D eigenvalue weighted by Gasteiger charge is -2.45. The van der Waals surface area contributed by atoms with Crippen LogP contribution in [-0.2, 0) is 22.7 Å². The van der Waals surface area contributed by atoms with Gasteiger partial charge in [-0.05, 0) is 49.7 Å². The largest absolute Gasteiger partial charge is 0.496 e. The second-order valence-corrected chi connectivity index (χ2v) is 11.4. The highest BCUT2D eigenvalue weighted by molar-refractivity contribution is 6.34. The summed E-state index contributed by atoms with van der Waals surface area (Å²) in [5.74, 6) is 1.21. The molecule has 2 aromatic heterocycles. The molecule has 9 nitrogen and oxygen atoms in total. The number of hydrogen-bond acceptors (Lipinski definition) is 7. The standard InChI is InChI=1S/C30H28Cl2N4O5/c1-30(2)29(40-5-4-35(30)16-38)27-24-15-41-26-11-25(39-3)22(18-6-17(14-37)12-33-13-18)10-23(26)28(24)36(34-27)21-8-19(31)7-20(32)9-21/h6-13,16,29,37H,4-5,14-15H2,1-3H3. The van der Waals surface area contributed by atoms with Crippen LogP contribution in [0.5, 0.6) is 11.5 Å². The van der Waals surface area contributed by atoms with Crippen LogP contribution in [0.4, 0.5) is 0 Å². The van der Waals surface area contributed by atoms with Gasteiger partial charge in [-0.3, -0.25) is 9.78 Å². The molecule has 0 aliphatic carbocycles. The van der Waals surface area contributed by atoms with Crippen molar-refractivity contribution in [3.05, 3.63) is 75.7 Å². The molecule has 11 heteroatoms. The maximum absolute atomic E-state index is 11.9. The van der Waals surface area contributed by atoms with Gasteiger partial charge in [0.15, 0.2) is 0 Å². The number of aromatic nitrogens is 3. The molecule has 1 N–H and O–H groups in total. The number of carbonyl (C=O) groups is 1. The zero-order valence-electron chi connectivity index (χ0n) is 22.7. The number of carbonyl (C=O) groups excluding carboxylic acids is 1. The minimum atomic E-state index is -0.666. The van der Waals surface area contributed by atoms with E-state index in [0.717, 1.165) is 34.4 Å². The summed E-state index contributed by atoms with van der Waals surface area (Å²) >= 11 is 12.9. The second kappa shape index (κ2) is 10.6. The molecule has 6 rings (SSSR count). The monoisotopic (exact) mass is 594 g/mol. The van der Waals surface area contributed by atoms with Crippen molar-refractivity contribution in [2.45, 2.75) is 38.7 Å². The smallest absolute Gasteiger partial charge is 0.210 e. The zero-order chi connectivity index (χ0) is 28.9. The average Bonchev–Trinajstić information content (AvgIpc) is 3.35. The summed E-state index contributed by atoms with van der Waals surface area (Å²) in [6.45, 7) is 4.89. The van der Waals surface area contributed by atoms with Crippen LogP contribution in [-0.4, -0.2) is 57.0 Å². The lowest BCUT2D eigenvalue weighted by atomic mass is 9.88. The molecule has 4 aromatic rings. The van der Waals surface area contributed by atoms with Crippen molar-refractivity contribution in [3.63, 3.8) is 0 Å². The molecule has 2 aliphatic rings. The Labute approximate surface area is 247 Å². The molecular weight excluding hydrogens is 567 g/mol. The molecule has 1 unspecified atom stereocenters. The number of methoxy groups -OCH3 is 1. The molecule has 0 bridgehead atoms. The topological polar surface area (TPSA) is 98.9 Å². The van der Waals surface area contributed by atoms with Gasteiger partial charge >= 0.3 is 0 Å². The number of pyridine rings is 1. The molecular formula is C30H28Cl2N4O5. The van der Waals surface area contributed by atoms with Gasteiger partial charge in [-0.1, -0.05) is 23.2 Å². The minimum absolute atomic E-state index is 0.137. The van der Waals surface area contributed by atoms with Gasteiger partial charge in [0.05, 0.1) is 37.2 Å². The molecule has 2 aliphatic heterocycles. The first-order valence-electron chi connectivity index (χ1n) is 13.1. The number of morpholine rings is 1. The highest BCUT2D eigenvalue weighted by Gasteiger charge is 2.44. The maximum atomic E-state index is 11.9. The summed E-state index contributed by atoms with van der Waals surface area (Å²) < 4.78 is 20.1. The van der Waals surface area contributed by atoms with Gasteiger partial charge < -0.3 is 24.2 Å². The molecule has 0 saturated carbocycles. The Kier molecular flexibility index (Phi) is 7.15. The van der Waals surface area contributed by atoms with Crippen LogP contribution >= 0.6 is 23.2 Å². The van der Waals surface area contributed by atoms with Crippen LogP contribution in [0.3, 0.4) is 0 Å². The van der Waals surface area contributed by atoms with Gasteiger partial charge in [-0.25, -0.2) is 4.68 Å². The molecule has 41 heavy (non-hydrogen) atoms. The average molecular weight is 595 g/mol. The molecule has 1 saturated heterocycles. The number of hydrogen-bond donors (Lipinski definition) is 1. The molecule has 1 amide bonds. The van der Waals surface area contributed by atoms with E-state index in [0.29, 0.717) is 51.6 Å². The van der Waals surface area contributed by atoms with Gasteiger partial charge in [-0.2, -0.15) is 5.10 Å². The number of benzene rings is 2. The molecule has 0 spiro atoms. The highest BCUT2D eigenvalue weighted by Crippen LogP contribution is 2.48. The van der Waals surface area contributed by atoms with E-state index in [1.165, 1.54) is 0 Å². The molecule has 1 atom stereocenters. The van der Waals surface area contributed by atoms with E-state index in [9.17, 15) is 9.90 Å².